The smallest absolute Gasteiger partial charge is 0.251 e. The zero-order valence-electron chi connectivity index (χ0n) is 10.9. The van der Waals surface area contributed by atoms with Gasteiger partial charge in [0, 0.05) is 22.7 Å². The Bertz CT molecular complexity index is 816. The number of benzene rings is 2. The van der Waals surface area contributed by atoms with E-state index in [4.69, 9.17) is 11.6 Å². The lowest BCUT2D eigenvalue weighted by atomic mass is 10.1. The first kappa shape index (κ1) is 13.6. The minimum Gasteiger partial charge on any atom is -0.348 e. The third-order valence-corrected chi connectivity index (χ3v) is 3.36. The number of fused-ring (bicyclic) bond motifs is 1. The number of H-pyrrole nitrogens is 1. The van der Waals surface area contributed by atoms with Crippen molar-refractivity contribution < 1.29 is 9.18 Å². The number of halogens is 2. The van der Waals surface area contributed by atoms with Gasteiger partial charge in [-0.05, 0) is 36.4 Å². The van der Waals surface area contributed by atoms with Gasteiger partial charge in [0.05, 0.1) is 17.4 Å². The summed E-state index contributed by atoms with van der Waals surface area (Å²) in [6.45, 7) is 0.0756. The Hall–Kier alpha value is -2.40. The van der Waals surface area contributed by atoms with Crippen LogP contribution in [0.2, 0.25) is 5.02 Å². The van der Waals surface area contributed by atoms with E-state index in [1.807, 2.05) is 0 Å². The van der Waals surface area contributed by atoms with Crippen LogP contribution in [0.15, 0.2) is 42.7 Å². The predicted octanol–water partition coefficient (Wildman–Crippen LogP) is 3.29. The third kappa shape index (κ3) is 2.87. The number of rotatable bonds is 3. The highest BCUT2D eigenvalue weighted by Crippen LogP contribution is 2.15. The van der Waals surface area contributed by atoms with Crippen LogP contribution in [0, 0.1) is 5.82 Å². The number of hydrogen-bond acceptors (Lipinski definition) is 2. The summed E-state index contributed by atoms with van der Waals surface area (Å²) in [5.41, 5.74) is 2.39. The fourth-order valence-corrected chi connectivity index (χ4v) is 2.23. The molecule has 0 spiro atoms. The average molecular weight is 304 g/mol. The summed E-state index contributed by atoms with van der Waals surface area (Å²) < 4.78 is 13.6. The maximum Gasteiger partial charge on any atom is 0.251 e. The first-order chi connectivity index (χ1) is 10.1. The molecule has 2 aromatic carbocycles. The molecule has 1 amide bonds. The molecule has 106 valence electrons. The van der Waals surface area contributed by atoms with E-state index in [0.717, 1.165) is 11.0 Å². The van der Waals surface area contributed by atoms with Gasteiger partial charge in [0.25, 0.3) is 5.91 Å². The van der Waals surface area contributed by atoms with Crippen molar-refractivity contribution in [1.82, 2.24) is 15.3 Å². The Morgan fingerprint density at radius 2 is 2.14 bits per heavy atom. The lowest BCUT2D eigenvalue weighted by Gasteiger charge is -2.07. The van der Waals surface area contributed by atoms with Gasteiger partial charge >= 0.3 is 0 Å². The Morgan fingerprint density at radius 3 is 3.00 bits per heavy atom. The molecule has 2 N–H and O–H groups in total. The largest absolute Gasteiger partial charge is 0.348 e. The van der Waals surface area contributed by atoms with E-state index < -0.39 is 5.82 Å². The van der Waals surface area contributed by atoms with Crippen LogP contribution in [0.4, 0.5) is 4.39 Å². The molecular formula is C15H11ClFN3O. The van der Waals surface area contributed by atoms with Crippen LogP contribution >= 0.6 is 11.6 Å². The van der Waals surface area contributed by atoms with Crippen LogP contribution in [-0.4, -0.2) is 15.9 Å². The summed E-state index contributed by atoms with van der Waals surface area (Å²) in [5, 5.41) is 3.10. The van der Waals surface area contributed by atoms with E-state index >= 15 is 0 Å². The minimum absolute atomic E-state index is 0.0756. The van der Waals surface area contributed by atoms with Gasteiger partial charge < -0.3 is 10.3 Å². The predicted molar refractivity (Wildman–Crippen MR) is 78.7 cm³/mol. The summed E-state index contributed by atoms with van der Waals surface area (Å²) >= 11 is 5.81. The number of amides is 1. The quantitative estimate of drug-likeness (QED) is 0.780. The van der Waals surface area contributed by atoms with Gasteiger partial charge in [-0.1, -0.05) is 11.6 Å². The topological polar surface area (TPSA) is 57.8 Å². The second-order valence-electron chi connectivity index (χ2n) is 4.55. The molecule has 0 fully saturated rings. The van der Waals surface area contributed by atoms with Crippen LogP contribution in [0.25, 0.3) is 11.0 Å². The molecule has 1 heterocycles. The first-order valence-corrected chi connectivity index (χ1v) is 6.66. The summed E-state index contributed by atoms with van der Waals surface area (Å²) in [4.78, 5) is 19.1. The van der Waals surface area contributed by atoms with Gasteiger partial charge in [-0.25, -0.2) is 9.37 Å². The van der Waals surface area contributed by atoms with Gasteiger partial charge in [-0.3, -0.25) is 4.79 Å². The van der Waals surface area contributed by atoms with Crippen molar-refractivity contribution in [2.24, 2.45) is 0 Å². The van der Waals surface area contributed by atoms with Gasteiger partial charge in [0.2, 0.25) is 0 Å². The van der Waals surface area contributed by atoms with Crippen molar-refractivity contribution in [3.63, 3.8) is 0 Å². The number of imidazole rings is 1. The molecule has 1 aromatic heterocycles. The van der Waals surface area contributed by atoms with Crippen LogP contribution in [-0.2, 0) is 6.54 Å². The maximum absolute atomic E-state index is 13.6. The standard InChI is InChI=1S/C15H11ClFN3O/c16-11-2-3-12(17)10(5-11)7-18-15(21)9-1-4-13-14(6-9)20-8-19-13/h1-6,8H,7H2,(H,18,21)(H,19,20). The highest BCUT2D eigenvalue weighted by molar-refractivity contribution is 6.30. The van der Waals surface area contributed by atoms with Crippen LogP contribution in [0.3, 0.4) is 0 Å². The van der Waals surface area contributed by atoms with Crippen LogP contribution in [0.1, 0.15) is 15.9 Å². The molecule has 0 aliphatic rings. The number of hydrogen-bond donors (Lipinski definition) is 2. The average Bonchev–Trinajstić information content (AvgIpc) is 2.95. The minimum atomic E-state index is -0.399. The molecule has 21 heavy (non-hydrogen) atoms. The van der Waals surface area contributed by atoms with Gasteiger partial charge in [-0.2, -0.15) is 0 Å². The van der Waals surface area contributed by atoms with Crippen LogP contribution < -0.4 is 5.32 Å². The van der Waals surface area contributed by atoms with E-state index in [-0.39, 0.29) is 12.5 Å². The molecule has 6 heteroatoms. The van der Waals surface area contributed by atoms with Gasteiger partial charge in [0.1, 0.15) is 5.82 Å². The van der Waals surface area contributed by atoms with E-state index in [1.54, 1.807) is 24.5 Å². The van der Waals surface area contributed by atoms with Crippen molar-refractivity contribution in [3.8, 4) is 0 Å². The second kappa shape index (κ2) is 5.54. The monoisotopic (exact) mass is 303 g/mol. The fourth-order valence-electron chi connectivity index (χ4n) is 2.03. The van der Waals surface area contributed by atoms with E-state index in [2.05, 4.69) is 15.3 Å². The van der Waals surface area contributed by atoms with Gasteiger partial charge in [-0.15, -0.1) is 0 Å². The van der Waals surface area contributed by atoms with Crippen LogP contribution in [0.5, 0.6) is 0 Å². The molecule has 0 aliphatic heterocycles. The van der Waals surface area contributed by atoms with Gasteiger partial charge in [0.15, 0.2) is 0 Å². The zero-order valence-corrected chi connectivity index (χ0v) is 11.6. The molecule has 0 atom stereocenters. The highest BCUT2D eigenvalue weighted by atomic mass is 35.5. The Kier molecular flexibility index (Phi) is 3.58. The summed E-state index contributed by atoms with van der Waals surface area (Å²) in [5.74, 6) is -0.686. The number of carbonyl (C=O) groups excluding carboxylic acids is 1. The zero-order chi connectivity index (χ0) is 14.8. The molecule has 0 unspecified atom stereocenters. The molecule has 4 nitrogen and oxygen atoms in total. The summed E-state index contributed by atoms with van der Waals surface area (Å²) in [6, 6.07) is 9.36. The first-order valence-electron chi connectivity index (χ1n) is 6.29. The normalized spacial score (nSPS) is 10.8. The summed E-state index contributed by atoms with van der Waals surface area (Å²) in [6.07, 6.45) is 1.56. The Balaban J connectivity index is 1.75. The number of aromatic nitrogens is 2. The molecule has 3 aromatic rings. The molecule has 0 saturated carbocycles. The summed E-state index contributed by atoms with van der Waals surface area (Å²) in [7, 11) is 0. The van der Waals surface area contributed by atoms with Crippen molar-refractivity contribution in [2.45, 2.75) is 6.54 Å². The number of nitrogens with zero attached hydrogens (tertiary/aromatic N) is 1. The SMILES string of the molecule is O=C(NCc1cc(Cl)ccc1F)c1ccc2nc[nH]c2c1. The molecule has 3 rings (SSSR count). The molecule has 0 bridgehead atoms. The molecule has 0 aliphatic carbocycles. The molecule has 0 radical (unpaired) electrons. The number of aromatic amines is 1. The van der Waals surface area contributed by atoms with Crippen molar-refractivity contribution in [3.05, 3.63) is 64.7 Å². The molecular weight excluding hydrogens is 293 g/mol. The fraction of sp³-hybridized carbons (Fsp3) is 0.0667. The molecule has 0 saturated heterocycles. The van der Waals surface area contributed by atoms with Crippen molar-refractivity contribution >= 4 is 28.5 Å². The van der Waals surface area contributed by atoms with E-state index in [0.29, 0.717) is 16.1 Å². The van der Waals surface area contributed by atoms with Crippen molar-refractivity contribution in [1.29, 1.82) is 0 Å². The Morgan fingerprint density at radius 1 is 1.29 bits per heavy atom. The number of carbonyl (C=O) groups is 1. The maximum atomic E-state index is 13.6. The van der Waals surface area contributed by atoms with Crippen molar-refractivity contribution in [2.75, 3.05) is 0 Å². The Labute approximate surface area is 125 Å². The van der Waals surface area contributed by atoms with E-state index in [1.165, 1.54) is 18.2 Å². The second-order valence-corrected chi connectivity index (χ2v) is 4.99. The number of nitrogens with one attached hydrogen (secondary N) is 2. The van der Waals surface area contributed by atoms with E-state index in [9.17, 15) is 9.18 Å². The highest BCUT2D eigenvalue weighted by Gasteiger charge is 2.09. The third-order valence-electron chi connectivity index (χ3n) is 3.13. The lowest BCUT2D eigenvalue weighted by Crippen LogP contribution is -2.23. The lowest BCUT2D eigenvalue weighted by molar-refractivity contribution is 0.0950.